The molecule has 2 aromatic heterocycles. The Hall–Kier alpha value is -2.63. The number of nitrogens with zero attached hydrogens (tertiary/aromatic N) is 2. The van der Waals surface area contributed by atoms with E-state index in [1.165, 1.54) is 33.6 Å². The second-order valence-electron chi connectivity index (χ2n) is 5.11. The molecule has 3 heterocycles. The Morgan fingerprint density at radius 2 is 2.29 bits per heavy atom. The van der Waals surface area contributed by atoms with Gasteiger partial charge in [-0.05, 0) is 29.5 Å². The number of nitriles is 1. The van der Waals surface area contributed by atoms with Gasteiger partial charge in [0.25, 0.3) is 0 Å². The van der Waals surface area contributed by atoms with Gasteiger partial charge in [-0.25, -0.2) is 4.79 Å². The van der Waals surface area contributed by atoms with Gasteiger partial charge in [0, 0.05) is 22.4 Å². The van der Waals surface area contributed by atoms with Crippen LogP contribution in [0.1, 0.15) is 20.9 Å². The maximum atomic E-state index is 12.1. The monoisotopic (exact) mass is 359 g/mol. The van der Waals surface area contributed by atoms with Crippen molar-refractivity contribution < 1.29 is 14.7 Å². The first-order valence-electron chi connectivity index (χ1n) is 7.13. The van der Waals surface area contributed by atoms with Gasteiger partial charge in [-0.2, -0.15) is 5.26 Å². The molecule has 0 unspecified atom stereocenters. The van der Waals surface area contributed by atoms with Crippen LogP contribution < -0.4 is 5.32 Å². The van der Waals surface area contributed by atoms with Crippen molar-refractivity contribution in [1.82, 2.24) is 4.90 Å². The van der Waals surface area contributed by atoms with E-state index in [0.717, 1.165) is 15.3 Å². The van der Waals surface area contributed by atoms with Gasteiger partial charge >= 0.3 is 6.09 Å². The minimum atomic E-state index is -0.975. The molecule has 0 atom stereocenters. The first-order chi connectivity index (χ1) is 11.6. The molecular weight excluding hydrogens is 346 g/mol. The Bertz CT molecular complexity index is 847. The lowest BCUT2D eigenvalue weighted by molar-refractivity contribution is -0.111. The second-order valence-corrected chi connectivity index (χ2v) is 7.20. The molecule has 2 aromatic rings. The maximum Gasteiger partial charge on any atom is 0.407 e. The van der Waals surface area contributed by atoms with Gasteiger partial charge in [0.15, 0.2) is 0 Å². The smallest absolute Gasteiger partial charge is 0.407 e. The van der Waals surface area contributed by atoms with Crippen molar-refractivity contribution in [2.24, 2.45) is 0 Å². The van der Waals surface area contributed by atoms with Gasteiger partial charge in [0.2, 0.25) is 5.91 Å². The number of anilines is 1. The molecule has 1 aliphatic heterocycles. The number of rotatable bonds is 3. The zero-order valence-corrected chi connectivity index (χ0v) is 14.1. The summed E-state index contributed by atoms with van der Waals surface area (Å²) in [6.07, 6.45) is 2.65. The minimum absolute atomic E-state index is 0.255. The number of nitrogens with one attached hydrogen (secondary N) is 1. The molecule has 3 rings (SSSR count). The van der Waals surface area contributed by atoms with Crippen LogP contribution in [0.5, 0.6) is 0 Å². The van der Waals surface area contributed by atoms with Crippen LogP contribution in [-0.2, 0) is 17.8 Å². The lowest BCUT2D eigenvalue weighted by Crippen LogP contribution is -2.34. The van der Waals surface area contributed by atoms with E-state index < -0.39 is 6.09 Å². The zero-order valence-electron chi connectivity index (χ0n) is 12.5. The summed E-state index contributed by atoms with van der Waals surface area (Å²) < 4.78 is 0. The van der Waals surface area contributed by atoms with Gasteiger partial charge in [0.1, 0.15) is 11.1 Å². The summed E-state index contributed by atoms with van der Waals surface area (Å²) in [5.74, 6) is -0.311. The number of amides is 2. The van der Waals surface area contributed by atoms with E-state index in [0.29, 0.717) is 23.5 Å². The molecule has 1 aliphatic rings. The predicted molar refractivity (Wildman–Crippen MR) is 93.2 cm³/mol. The molecule has 0 saturated heterocycles. The van der Waals surface area contributed by atoms with E-state index in [1.807, 2.05) is 17.5 Å². The molecule has 0 spiro atoms. The highest BCUT2D eigenvalue weighted by Gasteiger charge is 2.27. The Kier molecular flexibility index (Phi) is 4.64. The number of carboxylic acid groups (broad SMARTS) is 1. The molecule has 122 valence electrons. The van der Waals surface area contributed by atoms with Crippen LogP contribution in [0.2, 0.25) is 0 Å². The van der Waals surface area contributed by atoms with Crippen molar-refractivity contribution in [3.05, 3.63) is 44.5 Å². The van der Waals surface area contributed by atoms with Crippen LogP contribution >= 0.6 is 22.7 Å². The van der Waals surface area contributed by atoms with E-state index in [2.05, 4.69) is 11.4 Å². The minimum Gasteiger partial charge on any atom is -0.465 e. The highest BCUT2D eigenvalue weighted by atomic mass is 32.1. The lowest BCUT2D eigenvalue weighted by Gasteiger charge is -2.23. The molecule has 0 radical (unpaired) electrons. The molecule has 0 saturated carbocycles. The number of thiophene rings is 2. The fraction of sp³-hybridized carbons (Fsp3) is 0.188. The molecule has 0 aliphatic carbocycles. The second kappa shape index (κ2) is 6.86. The Morgan fingerprint density at radius 1 is 1.46 bits per heavy atom. The quantitative estimate of drug-likeness (QED) is 0.822. The molecule has 8 heteroatoms. The average molecular weight is 359 g/mol. The van der Waals surface area contributed by atoms with E-state index in [4.69, 9.17) is 5.11 Å². The van der Waals surface area contributed by atoms with E-state index >= 15 is 0 Å². The van der Waals surface area contributed by atoms with Crippen LogP contribution in [0.4, 0.5) is 9.80 Å². The van der Waals surface area contributed by atoms with Crippen molar-refractivity contribution in [2.45, 2.75) is 13.0 Å². The van der Waals surface area contributed by atoms with Gasteiger partial charge in [0.05, 0.1) is 12.1 Å². The predicted octanol–water partition coefficient (Wildman–Crippen LogP) is 3.37. The Morgan fingerprint density at radius 3 is 2.96 bits per heavy atom. The molecule has 0 fully saturated rings. The number of hydrogen-bond donors (Lipinski definition) is 2. The normalized spacial score (nSPS) is 13.5. The summed E-state index contributed by atoms with van der Waals surface area (Å²) >= 11 is 2.79. The number of fused-ring (bicyclic) bond motifs is 1. The third-order valence-corrected chi connectivity index (χ3v) is 5.59. The molecule has 2 amide bonds. The summed E-state index contributed by atoms with van der Waals surface area (Å²) in [4.78, 5) is 26.2. The molecule has 24 heavy (non-hydrogen) atoms. The van der Waals surface area contributed by atoms with Crippen molar-refractivity contribution in [3.63, 3.8) is 0 Å². The number of carbonyl (C=O) groups excluding carboxylic acids is 1. The van der Waals surface area contributed by atoms with Crippen molar-refractivity contribution in [2.75, 3.05) is 11.9 Å². The van der Waals surface area contributed by atoms with E-state index in [1.54, 1.807) is 6.08 Å². The van der Waals surface area contributed by atoms with Crippen molar-refractivity contribution in [3.8, 4) is 6.07 Å². The fourth-order valence-electron chi connectivity index (χ4n) is 2.47. The molecule has 2 N–H and O–H groups in total. The average Bonchev–Trinajstić information content (AvgIpc) is 3.19. The summed E-state index contributed by atoms with van der Waals surface area (Å²) in [6.45, 7) is 0.615. The largest absolute Gasteiger partial charge is 0.465 e. The molecular formula is C16H13N3O3S2. The van der Waals surface area contributed by atoms with Gasteiger partial charge in [-0.1, -0.05) is 6.07 Å². The summed E-state index contributed by atoms with van der Waals surface area (Å²) in [5, 5.41) is 23.6. The van der Waals surface area contributed by atoms with Gasteiger partial charge < -0.3 is 15.3 Å². The van der Waals surface area contributed by atoms with Crippen LogP contribution in [0.15, 0.2) is 23.6 Å². The zero-order chi connectivity index (χ0) is 17.1. The highest BCUT2D eigenvalue weighted by Crippen LogP contribution is 2.36. The summed E-state index contributed by atoms with van der Waals surface area (Å²) in [6, 6.07) is 5.93. The summed E-state index contributed by atoms with van der Waals surface area (Å²) in [7, 11) is 0. The van der Waals surface area contributed by atoms with Gasteiger partial charge in [-0.15, -0.1) is 22.7 Å². The highest BCUT2D eigenvalue weighted by molar-refractivity contribution is 7.16. The number of carbonyl (C=O) groups is 2. The third-order valence-electron chi connectivity index (χ3n) is 3.62. The van der Waals surface area contributed by atoms with E-state index in [9.17, 15) is 14.9 Å². The Balaban J connectivity index is 1.78. The lowest BCUT2D eigenvalue weighted by atomic mass is 10.0. The van der Waals surface area contributed by atoms with Crippen LogP contribution in [0.3, 0.4) is 0 Å². The first-order valence-corrected chi connectivity index (χ1v) is 8.83. The van der Waals surface area contributed by atoms with Gasteiger partial charge in [-0.3, -0.25) is 4.79 Å². The van der Waals surface area contributed by atoms with Crippen LogP contribution in [-0.4, -0.2) is 28.6 Å². The standard InChI is InChI=1S/C16H13N3O3S2/c17-8-12-11-5-6-19(16(21)22)9-13(11)24-15(12)18-14(20)4-3-10-2-1-7-23-10/h1-4,7H,5-6,9H2,(H,18,20)(H,21,22). The van der Waals surface area contributed by atoms with E-state index in [-0.39, 0.29) is 12.5 Å². The third kappa shape index (κ3) is 3.32. The maximum absolute atomic E-state index is 12.1. The first kappa shape index (κ1) is 16.2. The summed E-state index contributed by atoms with van der Waals surface area (Å²) in [5.41, 5.74) is 1.29. The van der Waals surface area contributed by atoms with Crippen molar-refractivity contribution in [1.29, 1.82) is 5.26 Å². The Labute approximate surface area is 146 Å². The van der Waals surface area contributed by atoms with Crippen LogP contribution in [0, 0.1) is 11.3 Å². The molecule has 6 nitrogen and oxygen atoms in total. The fourth-order valence-corrected chi connectivity index (χ4v) is 4.31. The van der Waals surface area contributed by atoms with Crippen molar-refractivity contribution >= 4 is 45.8 Å². The molecule has 0 bridgehead atoms. The SMILES string of the molecule is N#Cc1c(NC(=O)C=Cc2cccs2)sc2c1CCN(C(=O)O)C2. The van der Waals surface area contributed by atoms with Crippen LogP contribution in [0.25, 0.3) is 6.08 Å². The molecule has 0 aromatic carbocycles. The topological polar surface area (TPSA) is 93.4 Å². The number of hydrogen-bond acceptors (Lipinski definition) is 5.